The van der Waals surface area contributed by atoms with Gasteiger partial charge in [0, 0.05) is 10.2 Å². The summed E-state index contributed by atoms with van der Waals surface area (Å²) in [4.78, 5) is 0. The second kappa shape index (κ2) is 4.10. The quantitative estimate of drug-likeness (QED) is 0.631. The first-order valence-corrected chi connectivity index (χ1v) is 6.55. The number of hydrogen-bond acceptors (Lipinski definition) is 0. The molecule has 13 heavy (non-hydrogen) atoms. The van der Waals surface area contributed by atoms with E-state index in [0.717, 1.165) is 0 Å². The summed E-state index contributed by atoms with van der Waals surface area (Å²) in [7, 11) is 1.31. The molecule has 0 saturated heterocycles. The second-order valence-corrected chi connectivity index (χ2v) is 5.66. The molecule has 1 aromatic carbocycles. The SMILES string of the molecule is CC(C)(C)c1ccccc1CC[SiH3]. The molecule has 0 fully saturated rings. The van der Waals surface area contributed by atoms with Crippen molar-refractivity contribution in [2.45, 2.75) is 38.7 Å². The van der Waals surface area contributed by atoms with Crippen LogP contribution in [0.3, 0.4) is 0 Å². The van der Waals surface area contributed by atoms with Crippen LogP contribution < -0.4 is 0 Å². The fraction of sp³-hybridized carbons (Fsp3) is 0.500. The van der Waals surface area contributed by atoms with Gasteiger partial charge in [-0.05, 0) is 23.0 Å². The Bertz CT molecular complexity index is 271. The lowest BCUT2D eigenvalue weighted by atomic mass is 9.83. The second-order valence-electron chi connectivity index (χ2n) is 4.66. The first kappa shape index (κ1) is 10.5. The van der Waals surface area contributed by atoms with Crippen molar-refractivity contribution in [3.63, 3.8) is 0 Å². The van der Waals surface area contributed by atoms with Crippen LogP contribution in [0, 0.1) is 0 Å². The number of benzene rings is 1. The molecule has 0 spiro atoms. The predicted octanol–water partition coefficient (Wildman–Crippen LogP) is 2.31. The molecule has 0 aliphatic carbocycles. The molecule has 0 aromatic heterocycles. The molecular weight excluding hydrogens is 172 g/mol. The van der Waals surface area contributed by atoms with Crippen molar-refractivity contribution in [3.05, 3.63) is 35.4 Å². The highest BCUT2D eigenvalue weighted by molar-refractivity contribution is 6.08. The first-order valence-electron chi connectivity index (χ1n) is 5.14. The van der Waals surface area contributed by atoms with E-state index in [4.69, 9.17) is 0 Å². The smallest absolute Gasteiger partial charge is 0.00321 e. The fourth-order valence-electron chi connectivity index (χ4n) is 1.74. The van der Waals surface area contributed by atoms with E-state index in [2.05, 4.69) is 45.0 Å². The third-order valence-corrected chi connectivity index (χ3v) is 2.84. The van der Waals surface area contributed by atoms with Crippen LogP contribution in [0.5, 0.6) is 0 Å². The highest BCUT2D eigenvalue weighted by atomic mass is 28.1. The Morgan fingerprint density at radius 1 is 1.15 bits per heavy atom. The molecule has 0 aliphatic heterocycles. The molecule has 0 amide bonds. The molecular formula is C12H20Si. The highest BCUT2D eigenvalue weighted by Gasteiger charge is 2.16. The van der Waals surface area contributed by atoms with Crippen molar-refractivity contribution in [2.75, 3.05) is 0 Å². The van der Waals surface area contributed by atoms with Crippen LogP contribution in [-0.4, -0.2) is 10.2 Å². The van der Waals surface area contributed by atoms with Crippen molar-refractivity contribution in [3.8, 4) is 0 Å². The molecule has 1 heteroatoms. The zero-order valence-corrected chi connectivity index (χ0v) is 11.2. The maximum Gasteiger partial charge on any atom is 0.00321 e. The summed E-state index contributed by atoms with van der Waals surface area (Å²) in [6.07, 6.45) is 1.26. The molecule has 1 aromatic rings. The summed E-state index contributed by atoms with van der Waals surface area (Å²) >= 11 is 0. The van der Waals surface area contributed by atoms with Gasteiger partial charge in [-0.25, -0.2) is 0 Å². The van der Waals surface area contributed by atoms with E-state index >= 15 is 0 Å². The Morgan fingerprint density at radius 2 is 1.77 bits per heavy atom. The van der Waals surface area contributed by atoms with Crippen molar-refractivity contribution in [1.29, 1.82) is 0 Å². The van der Waals surface area contributed by atoms with E-state index in [1.165, 1.54) is 28.3 Å². The van der Waals surface area contributed by atoms with Gasteiger partial charge < -0.3 is 0 Å². The topological polar surface area (TPSA) is 0 Å². The maximum atomic E-state index is 2.29. The average Bonchev–Trinajstić information content (AvgIpc) is 2.04. The molecule has 0 heterocycles. The van der Waals surface area contributed by atoms with Crippen LogP contribution in [0.25, 0.3) is 0 Å². The minimum Gasteiger partial charge on any atom is -0.0620 e. The molecule has 0 aliphatic rings. The van der Waals surface area contributed by atoms with Crippen molar-refractivity contribution in [1.82, 2.24) is 0 Å². The van der Waals surface area contributed by atoms with E-state index in [-0.39, 0.29) is 0 Å². The van der Waals surface area contributed by atoms with Gasteiger partial charge in [0.05, 0.1) is 0 Å². The lowest BCUT2D eigenvalue weighted by Gasteiger charge is -2.22. The van der Waals surface area contributed by atoms with Crippen LogP contribution in [0.1, 0.15) is 31.9 Å². The van der Waals surface area contributed by atoms with Gasteiger partial charge in [0.25, 0.3) is 0 Å². The Balaban J connectivity index is 3.05. The molecule has 72 valence electrons. The molecule has 0 bridgehead atoms. The Hall–Kier alpha value is -0.563. The fourth-order valence-corrected chi connectivity index (χ4v) is 2.28. The molecule has 1 rings (SSSR count). The van der Waals surface area contributed by atoms with E-state index in [1.807, 2.05) is 0 Å². The van der Waals surface area contributed by atoms with E-state index in [0.29, 0.717) is 5.41 Å². The molecule has 0 radical (unpaired) electrons. The number of hydrogen-bond donors (Lipinski definition) is 0. The van der Waals surface area contributed by atoms with Crippen molar-refractivity contribution < 1.29 is 0 Å². The summed E-state index contributed by atoms with van der Waals surface area (Å²) in [6.45, 7) is 6.87. The summed E-state index contributed by atoms with van der Waals surface area (Å²) in [6, 6.07) is 10.2. The van der Waals surface area contributed by atoms with Crippen LogP contribution >= 0.6 is 0 Å². The van der Waals surface area contributed by atoms with E-state index in [9.17, 15) is 0 Å². The van der Waals surface area contributed by atoms with Crippen LogP contribution in [0.4, 0.5) is 0 Å². The summed E-state index contributed by atoms with van der Waals surface area (Å²) < 4.78 is 0. The summed E-state index contributed by atoms with van der Waals surface area (Å²) in [5.41, 5.74) is 3.36. The highest BCUT2D eigenvalue weighted by Crippen LogP contribution is 2.26. The first-order chi connectivity index (χ1) is 6.05. The molecule has 0 nitrogen and oxygen atoms in total. The van der Waals surface area contributed by atoms with Gasteiger partial charge in [-0.15, -0.1) is 0 Å². The van der Waals surface area contributed by atoms with Gasteiger partial charge in [-0.2, -0.15) is 0 Å². The van der Waals surface area contributed by atoms with Crippen LogP contribution in [0.2, 0.25) is 6.04 Å². The monoisotopic (exact) mass is 192 g/mol. The van der Waals surface area contributed by atoms with Gasteiger partial charge in [-0.1, -0.05) is 51.1 Å². The zero-order chi connectivity index (χ0) is 9.90. The Labute approximate surface area is 84.8 Å². The lowest BCUT2D eigenvalue weighted by molar-refractivity contribution is 0.583. The lowest BCUT2D eigenvalue weighted by Crippen LogP contribution is -2.13. The van der Waals surface area contributed by atoms with Gasteiger partial charge in [0.1, 0.15) is 0 Å². The zero-order valence-electron chi connectivity index (χ0n) is 9.22. The normalized spacial score (nSPS) is 11.9. The summed E-state index contributed by atoms with van der Waals surface area (Å²) in [5, 5.41) is 0. The number of aryl methyl sites for hydroxylation is 1. The van der Waals surface area contributed by atoms with Gasteiger partial charge in [-0.3, -0.25) is 0 Å². The third-order valence-electron chi connectivity index (χ3n) is 2.34. The third kappa shape index (κ3) is 2.70. The molecule has 0 saturated carbocycles. The minimum atomic E-state index is 0.299. The van der Waals surface area contributed by atoms with Gasteiger partial charge >= 0.3 is 0 Å². The summed E-state index contributed by atoms with van der Waals surface area (Å²) in [5.74, 6) is 0. The van der Waals surface area contributed by atoms with Gasteiger partial charge in [0.2, 0.25) is 0 Å². The minimum absolute atomic E-state index is 0.299. The average molecular weight is 192 g/mol. The van der Waals surface area contributed by atoms with Crippen LogP contribution in [-0.2, 0) is 11.8 Å². The molecule has 0 unspecified atom stereocenters. The standard InChI is InChI=1S/C12H20Si/c1-12(2,3)11-7-5-4-6-10(11)8-9-13/h4-7H,8-9H2,1-3,13H3. The van der Waals surface area contributed by atoms with Crippen molar-refractivity contribution >= 4 is 10.2 Å². The predicted molar refractivity (Wildman–Crippen MR) is 63.6 cm³/mol. The van der Waals surface area contributed by atoms with E-state index in [1.54, 1.807) is 5.56 Å². The Kier molecular flexibility index (Phi) is 3.31. The largest absolute Gasteiger partial charge is 0.0620 e. The van der Waals surface area contributed by atoms with Crippen molar-refractivity contribution in [2.24, 2.45) is 0 Å². The Morgan fingerprint density at radius 3 is 2.31 bits per heavy atom. The van der Waals surface area contributed by atoms with E-state index < -0.39 is 0 Å². The molecule has 0 atom stereocenters. The van der Waals surface area contributed by atoms with Crippen LogP contribution in [0.15, 0.2) is 24.3 Å². The van der Waals surface area contributed by atoms with Gasteiger partial charge in [0.15, 0.2) is 0 Å². The molecule has 0 N–H and O–H groups in total. The maximum absolute atomic E-state index is 2.29. The number of rotatable bonds is 2.